The second-order valence-corrected chi connectivity index (χ2v) is 5.55. The molecule has 0 spiro atoms. The summed E-state index contributed by atoms with van der Waals surface area (Å²) in [6.45, 7) is 1.87. The number of ether oxygens (including phenoxy) is 1. The fraction of sp³-hybridized carbons (Fsp3) is 0.417. The van der Waals surface area contributed by atoms with Crippen molar-refractivity contribution in [1.82, 2.24) is 0 Å². The van der Waals surface area contributed by atoms with E-state index < -0.39 is 5.97 Å². The number of amides is 1. The molecule has 6 nitrogen and oxygen atoms in total. The minimum atomic E-state index is -0.590. The van der Waals surface area contributed by atoms with E-state index in [1.165, 1.54) is 25.0 Å². The molecular formula is C12H13NO5S. The first-order valence-electron chi connectivity index (χ1n) is 5.67. The summed E-state index contributed by atoms with van der Waals surface area (Å²) in [6, 6.07) is 3.00. The fourth-order valence-corrected chi connectivity index (χ4v) is 2.80. The van der Waals surface area contributed by atoms with Gasteiger partial charge in [-0.1, -0.05) is 11.8 Å². The van der Waals surface area contributed by atoms with Crippen LogP contribution in [0, 0.1) is 0 Å². The first-order chi connectivity index (χ1) is 9.01. The van der Waals surface area contributed by atoms with Gasteiger partial charge in [0.1, 0.15) is 0 Å². The summed E-state index contributed by atoms with van der Waals surface area (Å²) in [5, 5.41) is -0.0916. The number of nitrogens with zero attached hydrogens (tertiary/aromatic N) is 1. The van der Waals surface area contributed by atoms with E-state index in [9.17, 15) is 14.4 Å². The number of esters is 1. The lowest BCUT2D eigenvalue weighted by atomic mass is 10.4. The van der Waals surface area contributed by atoms with Crippen LogP contribution in [0.2, 0.25) is 0 Å². The number of hydrogen-bond donors (Lipinski definition) is 0. The Kier molecular flexibility index (Phi) is 3.94. The van der Waals surface area contributed by atoms with Crippen molar-refractivity contribution in [3.05, 3.63) is 17.9 Å². The van der Waals surface area contributed by atoms with Crippen molar-refractivity contribution in [3.63, 3.8) is 0 Å². The molecule has 1 fully saturated rings. The monoisotopic (exact) mass is 283 g/mol. The van der Waals surface area contributed by atoms with E-state index >= 15 is 0 Å². The quantitative estimate of drug-likeness (QED) is 0.781. The average Bonchev–Trinajstić information content (AvgIpc) is 2.94. The number of rotatable bonds is 3. The molecule has 2 heterocycles. The second-order valence-electron chi connectivity index (χ2n) is 4.07. The summed E-state index contributed by atoms with van der Waals surface area (Å²) >= 11 is 1.15. The molecule has 0 saturated carbocycles. The van der Waals surface area contributed by atoms with Crippen LogP contribution in [-0.2, 0) is 14.3 Å². The molecule has 7 heteroatoms. The molecule has 1 unspecified atom stereocenters. The standard InChI is InChI=1S/C12H13NO5S/c1-7(14)19-8-5-10(15)13(6-8)11-4-3-9(18-11)12(16)17-2/h3-4,8H,5-6H2,1-2H3. The average molecular weight is 283 g/mol. The van der Waals surface area contributed by atoms with Crippen LogP contribution in [0.1, 0.15) is 23.9 Å². The van der Waals surface area contributed by atoms with Gasteiger partial charge in [0.2, 0.25) is 17.6 Å². The molecule has 1 aromatic heterocycles. The van der Waals surface area contributed by atoms with Gasteiger partial charge in [-0.05, 0) is 6.07 Å². The van der Waals surface area contributed by atoms with Gasteiger partial charge in [-0.2, -0.15) is 0 Å². The highest BCUT2D eigenvalue weighted by Gasteiger charge is 2.33. The summed E-state index contributed by atoms with van der Waals surface area (Å²) in [5.41, 5.74) is 0. The molecule has 1 aliphatic heterocycles. The second kappa shape index (κ2) is 5.48. The summed E-state index contributed by atoms with van der Waals surface area (Å²) in [7, 11) is 1.26. The van der Waals surface area contributed by atoms with Gasteiger partial charge in [0, 0.05) is 31.2 Å². The molecule has 0 radical (unpaired) electrons. The van der Waals surface area contributed by atoms with Gasteiger partial charge in [0.25, 0.3) is 0 Å². The lowest BCUT2D eigenvalue weighted by molar-refractivity contribution is -0.117. The van der Waals surface area contributed by atoms with Crippen LogP contribution in [0.5, 0.6) is 0 Å². The van der Waals surface area contributed by atoms with Crippen molar-refractivity contribution in [2.75, 3.05) is 18.6 Å². The highest BCUT2D eigenvalue weighted by atomic mass is 32.2. The molecule has 0 aliphatic carbocycles. The third-order valence-corrected chi connectivity index (χ3v) is 3.65. The maximum Gasteiger partial charge on any atom is 0.374 e. The van der Waals surface area contributed by atoms with Crippen LogP contribution in [-0.4, -0.2) is 35.9 Å². The molecule has 1 aliphatic rings. The van der Waals surface area contributed by atoms with Gasteiger partial charge < -0.3 is 9.15 Å². The summed E-state index contributed by atoms with van der Waals surface area (Å²) in [4.78, 5) is 35.6. The summed E-state index contributed by atoms with van der Waals surface area (Å²) in [5.74, 6) is -0.359. The van der Waals surface area contributed by atoms with Crippen LogP contribution in [0.15, 0.2) is 16.5 Å². The summed E-state index contributed by atoms with van der Waals surface area (Å²) < 4.78 is 9.81. The molecule has 0 N–H and O–H groups in total. The van der Waals surface area contributed by atoms with Crippen molar-refractivity contribution in [3.8, 4) is 0 Å². The van der Waals surface area contributed by atoms with Crippen molar-refractivity contribution in [2.24, 2.45) is 0 Å². The van der Waals surface area contributed by atoms with Gasteiger partial charge >= 0.3 is 5.97 Å². The van der Waals surface area contributed by atoms with Crippen LogP contribution in [0.25, 0.3) is 0 Å². The normalized spacial score (nSPS) is 18.7. The lowest BCUT2D eigenvalue weighted by Crippen LogP contribution is -2.24. The Bertz CT molecular complexity index is 524. The smallest absolute Gasteiger partial charge is 0.374 e. The minimum absolute atomic E-state index is 0.0191. The predicted octanol–water partition coefficient (Wildman–Crippen LogP) is 1.45. The van der Waals surface area contributed by atoms with E-state index in [2.05, 4.69) is 4.74 Å². The highest BCUT2D eigenvalue weighted by Crippen LogP contribution is 2.29. The Morgan fingerprint density at radius 1 is 1.47 bits per heavy atom. The molecule has 102 valence electrons. The maximum atomic E-state index is 11.8. The van der Waals surface area contributed by atoms with Crippen LogP contribution < -0.4 is 4.90 Å². The Labute approximate surface area is 114 Å². The topological polar surface area (TPSA) is 76.8 Å². The Balaban J connectivity index is 2.10. The van der Waals surface area contributed by atoms with Gasteiger partial charge in [-0.25, -0.2) is 4.79 Å². The number of hydrogen-bond acceptors (Lipinski definition) is 6. The lowest BCUT2D eigenvalue weighted by Gasteiger charge is -2.12. The zero-order valence-corrected chi connectivity index (χ0v) is 11.4. The number of thioether (sulfide) groups is 1. The molecular weight excluding hydrogens is 270 g/mol. The molecule has 2 rings (SSSR count). The zero-order valence-electron chi connectivity index (χ0n) is 10.5. The van der Waals surface area contributed by atoms with Crippen molar-refractivity contribution < 1.29 is 23.5 Å². The zero-order chi connectivity index (χ0) is 14.0. The van der Waals surface area contributed by atoms with Crippen molar-refractivity contribution in [2.45, 2.75) is 18.6 Å². The van der Waals surface area contributed by atoms with Gasteiger partial charge in [0.15, 0.2) is 5.12 Å². The van der Waals surface area contributed by atoms with E-state index in [0.29, 0.717) is 18.8 Å². The molecule has 1 aromatic rings. The van der Waals surface area contributed by atoms with E-state index in [4.69, 9.17) is 4.42 Å². The van der Waals surface area contributed by atoms with Crippen molar-refractivity contribution in [1.29, 1.82) is 0 Å². The van der Waals surface area contributed by atoms with Gasteiger partial charge in [-0.3, -0.25) is 14.5 Å². The van der Waals surface area contributed by atoms with E-state index in [-0.39, 0.29) is 22.0 Å². The first-order valence-corrected chi connectivity index (χ1v) is 6.55. The van der Waals surface area contributed by atoms with E-state index in [0.717, 1.165) is 11.8 Å². The summed E-state index contributed by atoms with van der Waals surface area (Å²) in [6.07, 6.45) is 0.290. The Morgan fingerprint density at radius 3 is 2.84 bits per heavy atom. The molecule has 1 atom stereocenters. The number of carbonyl (C=O) groups excluding carboxylic acids is 3. The van der Waals surface area contributed by atoms with Crippen LogP contribution in [0.3, 0.4) is 0 Å². The van der Waals surface area contributed by atoms with Crippen molar-refractivity contribution >= 4 is 34.6 Å². The molecule has 1 amide bonds. The molecule has 0 aromatic carbocycles. The number of carbonyl (C=O) groups is 3. The van der Waals surface area contributed by atoms with E-state index in [1.807, 2.05) is 0 Å². The minimum Gasteiger partial charge on any atom is -0.463 e. The molecule has 1 saturated heterocycles. The SMILES string of the molecule is COC(=O)c1ccc(N2CC(SC(C)=O)CC2=O)o1. The van der Waals surface area contributed by atoms with Crippen LogP contribution >= 0.6 is 11.8 Å². The predicted molar refractivity (Wildman–Crippen MR) is 69.1 cm³/mol. The maximum absolute atomic E-state index is 11.8. The molecule has 19 heavy (non-hydrogen) atoms. The van der Waals surface area contributed by atoms with Gasteiger partial charge in [-0.15, -0.1) is 0 Å². The van der Waals surface area contributed by atoms with Crippen LogP contribution in [0.4, 0.5) is 5.88 Å². The highest BCUT2D eigenvalue weighted by molar-refractivity contribution is 8.14. The fourth-order valence-electron chi connectivity index (χ4n) is 1.88. The third-order valence-electron chi connectivity index (χ3n) is 2.67. The van der Waals surface area contributed by atoms with Gasteiger partial charge in [0.05, 0.1) is 7.11 Å². The van der Waals surface area contributed by atoms with E-state index in [1.54, 1.807) is 6.07 Å². The Morgan fingerprint density at radius 2 is 2.21 bits per heavy atom. The first kappa shape index (κ1) is 13.7. The number of methoxy groups -OCH3 is 1. The largest absolute Gasteiger partial charge is 0.463 e. The third kappa shape index (κ3) is 2.98. The number of anilines is 1. The Hall–Kier alpha value is -1.76. The number of furan rings is 1. The molecule has 0 bridgehead atoms.